The molecular weight excluding hydrogens is 363 g/mol. The summed E-state index contributed by atoms with van der Waals surface area (Å²) in [5.41, 5.74) is 2.39. The lowest BCUT2D eigenvalue weighted by Gasteiger charge is -2.15. The van der Waals surface area contributed by atoms with Crippen LogP contribution in [0.5, 0.6) is 0 Å². The van der Waals surface area contributed by atoms with Crippen molar-refractivity contribution in [3.63, 3.8) is 0 Å². The third kappa shape index (κ3) is 6.89. The van der Waals surface area contributed by atoms with Crippen molar-refractivity contribution in [2.24, 2.45) is 0 Å². The minimum Gasteiger partial charge on any atom is -0.294 e. The van der Waals surface area contributed by atoms with Gasteiger partial charge < -0.3 is 0 Å². The zero-order valence-electron chi connectivity index (χ0n) is 15.7. The lowest BCUT2D eigenvalue weighted by atomic mass is 9.98. The van der Waals surface area contributed by atoms with Crippen LogP contribution in [0, 0.1) is 0 Å². The first-order chi connectivity index (χ1) is 13.1. The first kappa shape index (κ1) is 21.3. The zero-order valence-corrected chi connectivity index (χ0v) is 16.6. The van der Waals surface area contributed by atoms with Gasteiger partial charge in [-0.1, -0.05) is 66.7 Å². The van der Waals surface area contributed by atoms with Crippen molar-refractivity contribution in [1.82, 2.24) is 0 Å². The topological polar surface area (TPSA) is 61.8 Å². The number of carbonyl (C=O) groups is 1. The molecule has 6 heteroatoms. The fraction of sp³-hybridized carbons (Fsp3) is 0.286. The summed E-state index contributed by atoms with van der Waals surface area (Å²) in [6.07, 6.45) is 3.81. The molecule has 2 rings (SSSR count). The van der Waals surface area contributed by atoms with Crippen LogP contribution in [0.2, 0.25) is 0 Å². The number of hydrogen-bond donors (Lipinski definition) is 0. The average Bonchev–Trinajstić information content (AvgIpc) is 2.67. The summed E-state index contributed by atoms with van der Waals surface area (Å²) in [6, 6.07) is 17.0. The van der Waals surface area contributed by atoms with Gasteiger partial charge in [-0.2, -0.15) is 0 Å². The predicted octanol–water partition coefficient (Wildman–Crippen LogP) is 5.32. The monoisotopic (exact) mass is 388 g/mol. The summed E-state index contributed by atoms with van der Waals surface area (Å²) in [5, 5.41) is 0. The van der Waals surface area contributed by atoms with Gasteiger partial charge in [0, 0.05) is 12.0 Å². The van der Waals surface area contributed by atoms with E-state index in [9.17, 15) is 9.36 Å². The Morgan fingerprint density at radius 3 is 2.22 bits per heavy atom. The van der Waals surface area contributed by atoms with Crippen LogP contribution < -0.4 is 0 Å². The van der Waals surface area contributed by atoms with Crippen LogP contribution in [0.3, 0.4) is 0 Å². The molecule has 0 amide bonds. The standard InChI is InChI=1S/C21H25O5P/c1-3-24-27(23,25-4-2)26-16-10-14-19-13-8-9-15-20(19)21(22)17-18-11-6-5-7-12-18/h5-15H,3-4,16-17H2,1-2H3/b14-10+. The Hall–Kier alpha value is -2.04. The highest BCUT2D eigenvalue weighted by molar-refractivity contribution is 7.48. The number of rotatable bonds is 11. The number of benzene rings is 2. The number of carbonyl (C=O) groups excluding carboxylic acids is 1. The maximum Gasteiger partial charge on any atom is 0.475 e. The minimum atomic E-state index is -3.54. The lowest BCUT2D eigenvalue weighted by Crippen LogP contribution is -2.05. The number of phosphoric ester groups is 1. The molecule has 0 bridgehead atoms. The molecule has 2 aromatic rings. The molecule has 27 heavy (non-hydrogen) atoms. The molecule has 0 saturated carbocycles. The van der Waals surface area contributed by atoms with Crippen LogP contribution >= 0.6 is 7.82 Å². The Kier molecular flexibility index (Phi) is 8.62. The van der Waals surface area contributed by atoms with Crippen molar-refractivity contribution < 1.29 is 22.9 Å². The van der Waals surface area contributed by atoms with Crippen molar-refractivity contribution >= 4 is 19.7 Å². The third-order valence-corrected chi connectivity index (χ3v) is 5.28. The minimum absolute atomic E-state index is 0.0386. The van der Waals surface area contributed by atoms with E-state index in [1.807, 2.05) is 48.5 Å². The Bertz CT molecular complexity index is 791. The highest BCUT2D eigenvalue weighted by Crippen LogP contribution is 2.49. The molecule has 0 saturated heterocycles. The Morgan fingerprint density at radius 1 is 0.926 bits per heavy atom. The van der Waals surface area contributed by atoms with E-state index in [1.54, 1.807) is 32.1 Å². The predicted molar refractivity (Wildman–Crippen MR) is 107 cm³/mol. The number of phosphoric acid groups is 1. The van der Waals surface area contributed by atoms with Gasteiger partial charge in [0.1, 0.15) is 0 Å². The average molecular weight is 388 g/mol. The molecule has 0 aliphatic carbocycles. The van der Waals surface area contributed by atoms with Gasteiger partial charge >= 0.3 is 7.82 Å². The van der Waals surface area contributed by atoms with Gasteiger partial charge in [-0.25, -0.2) is 4.57 Å². The molecule has 0 unspecified atom stereocenters. The van der Waals surface area contributed by atoms with Gasteiger partial charge in [-0.3, -0.25) is 18.4 Å². The summed E-state index contributed by atoms with van der Waals surface area (Å²) < 4.78 is 27.7. The summed E-state index contributed by atoms with van der Waals surface area (Å²) >= 11 is 0. The fourth-order valence-corrected chi connectivity index (χ4v) is 3.63. The van der Waals surface area contributed by atoms with Crippen LogP contribution in [-0.2, 0) is 24.6 Å². The number of hydrogen-bond acceptors (Lipinski definition) is 5. The van der Waals surface area contributed by atoms with E-state index in [-0.39, 0.29) is 25.6 Å². The van der Waals surface area contributed by atoms with E-state index in [0.717, 1.165) is 11.1 Å². The van der Waals surface area contributed by atoms with Gasteiger partial charge in [-0.05, 0) is 25.0 Å². The molecule has 0 spiro atoms. The first-order valence-electron chi connectivity index (χ1n) is 8.94. The summed E-state index contributed by atoms with van der Waals surface area (Å²) in [6.45, 7) is 3.97. The van der Waals surface area contributed by atoms with Gasteiger partial charge in [-0.15, -0.1) is 0 Å². The smallest absolute Gasteiger partial charge is 0.294 e. The molecular formula is C21H25O5P. The normalized spacial score (nSPS) is 11.8. The molecule has 0 aliphatic heterocycles. The second kappa shape index (κ2) is 11.0. The van der Waals surface area contributed by atoms with Crippen molar-refractivity contribution in [3.8, 4) is 0 Å². The number of ketones is 1. The summed E-state index contributed by atoms with van der Waals surface area (Å²) in [5.74, 6) is 0.0386. The van der Waals surface area contributed by atoms with Crippen LogP contribution in [0.15, 0.2) is 60.7 Å². The Labute approximate surface area is 160 Å². The van der Waals surface area contributed by atoms with Crippen molar-refractivity contribution in [1.29, 1.82) is 0 Å². The quantitative estimate of drug-likeness (QED) is 0.385. The second-order valence-electron chi connectivity index (χ2n) is 5.65. The second-order valence-corrected chi connectivity index (χ2v) is 7.32. The SMILES string of the molecule is CCOP(=O)(OCC)OC/C=C/c1ccccc1C(=O)Cc1ccccc1. The molecule has 0 N–H and O–H groups in total. The maximum absolute atomic E-state index is 12.6. The van der Waals surface area contributed by atoms with E-state index in [0.29, 0.717) is 12.0 Å². The first-order valence-corrected chi connectivity index (χ1v) is 10.4. The summed E-state index contributed by atoms with van der Waals surface area (Å²) in [7, 11) is -3.54. The third-order valence-electron chi connectivity index (χ3n) is 3.67. The van der Waals surface area contributed by atoms with Gasteiger partial charge in [0.2, 0.25) is 0 Å². The van der Waals surface area contributed by atoms with E-state index >= 15 is 0 Å². The maximum atomic E-state index is 12.6. The molecule has 5 nitrogen and oxygen atoms in total. The van der Waals surface area contributed by atoms with Crippen LogP contribution in [0.25, 0.3) is 6.08 Å². The zero-order chi connectivity index (χ0) is 19.5. The molecule has 0 atom stereocenters. The van der Waals surface area contributed by atoms with Gasteiger partial charge in [0.25, 0.3) is 0 Å². The molecule has 0 aliphatic rings. The number of Topliss-reactive ketones (excluding diaryl/α,β-unsaturated/α-hetero) is 1. The van der Waals surface area contributed by atoms with Crippen molar-refractivity contribution in [2.75, 3.05) is 19.8 Å². The fourth-order valence-electron chi connectivity index (χ4n) is 2.51. The Morgan fingerprint density at radius 2 is 1.56 bits per heavy atom. The molecule has 144 valence electrons. The van der Waals surface area contributed by atoms with Crippen molar-refractivity contribution in [2.45, 2.75) is 20.3 Å². The van der Waals surface area contributed by atoms with Crippen LogP contribution in [0.4, 0.5) is 0 Å². The van der Waals surface area contributed by atoms with E-state index in [4.69, 9.17) is 13.6 Å². The van der Waals surface area contributed by atoms with Gasteiger partial charge in [0.05, 0.1) is 19.8 Å². The van der Waals surface area contributed by atoms with Crippen molar-refractivity contribution in [3.05, 3.63) is 77.4 Å². The van der Waals surface area contributed by atoms with E-state index < -0.39 is 7.82 Å². The van der Waals surface area contributed by atoms with Gasteiger partial charge in [0.15, 0.2) is 5.78 Å². The van der Waals surface area contributed by atoms with Crippen LogP contribution in [-0.4, -0.2) is 25.6 Å². The Balaban J connectivity index is 2.03. The molecule has 0 fully saturated rings. The van der Waals surface area contributed by atoms with E-state index in [1.165, 1.54) is 0 Å². The molecule has 0 heterocycles. The van der Waals surface area contributed by atoms with E-state index in [2.05, 4.69) is 0 Å². The molecule has 2 aromatic carbocycles. The summed E-state index contributed by atoms with van der Waals surface area (Å²) in [4.78, 5) is 12.6. The highest BCUT2D eigenvalue weighted by Gasteiger charge is 2.24. The highest BCUT2D eigenvalue weighted by atomic mass is 31.2. The molecule has 0 radical (unpaired) electrons. The van der Waals surface area contributed by atoms with Crippen LogP contribution in [0.1, 0.15) is 35.3 Å². The largest absolute Gasteiger partial charge is 0.475 e. The lowest BCUT2D eigenvalue weighted by molar-refractivity contribution is 0.0992. The molecule has 0 aromatic heterocycles.